The van der Waals surface area contributed by atoms with Crippen molar-refractivity contribution in [1.82, 2.24) is 10.2 Å². The molecule has 0 amide bonds. The van der Waals surface area contributed by atoms with Gasteiger partial charge in [-0.15, -0.1) is 16.7 Å². The molecule has 1 aromatic carbocycles. The molecule has 0 bridgehead atoms. The first-order chi connectivity index (χ1) is 8.61. The minimum atomic E-state index is -0.301. The number of methoxy groups -OCH3 is 1. The number of ether oxygens (including phenoxy) is 1. The Morgan fingerprint density at radius 2 is 2.17 bits per heavy atom. The van der Waals surface area contributed by atoms with Crippen molar-refractivity contribution in [3.8, 4) is 5.75 Å². The lowest BCUT2D eigenvalue weighted by molar-refractivity contribution is 0.415. The summed E-state index contributed by atoms with van der Waals surface area (Å²) in [6.45, 7) is 1.78. The molecule has 0 radical (unpaired) electrons. The average molecular weight is 268 g/mol. The zero-order valence-corrected chi connectivity index (χ0v) is 11.2. The Morgan fingerprint density at radius 1 is 1.39 bits per heavy atom. The number of halogens is 1. The molecule has 1 aromatic heterocycles. The van der Waals surface area contributed by atoms with Gasteiger partial charge in [0.25, 0.3) is 0 Å². The minimum Gasteiger partial charge on any atom is -0.497 e. The van der Waals surface area contributed by atoms with Crippen LogP contribution in [-0.2, 0) is 0 Å². The Bertz CT molecular complexity index is 528. The van der Waals surface area contributed by atoms with Crippen LogP contribution in [0.3, 0.4) is 0 Å². The van der Waals surface area contributed by atoms with Crippen molar-refractivity contribution in [2.45, 2.75) is 12.3 Å². The Morgan fingerprint density at radius 3 is 2.78 bits per heavy atom. The largest absolute Gasteiger partial charge is 0.497 e. The number of alkyl halides is 1. The van der Waals surface area contributed by atoms with Gasteiger partial charge in [-0.1, -0.05) is 11.2 Å². The van der Waals surface area contributed by atoms with E-state index in [1.165, 1.54) is 0 Å². The number of nitrogens with zero attached hydrogens (tertiary/aromatic N) is 3. The van der Waals surface area contributed by atoms with E-state index in [-0.39, 0.29) is 5.38 Å². The van der Waals surface area contributed by atoms with Crippen LogP contribution in [0.25, 0.3) is 0 Å². The molecular formula is C12H14ClN3O2. The first-order valence-electron chi connectivity index (χ1n) is 5.47. The second kappa shape index (κ2) is 5.27. The summed E-state index contributed by atoms with van der Waals surface area (Å²) in [5.41, 5.74) is 0.895. The normalized spacial score (nSPS) is 12.2. The molecule has 0 saturated heterocycles. The van der Waals surface area contributed by atoms with Gasteiger partial charge in [0.15, 0.2) is 0 Å². The Hall–Kier alpha value is -1.75. The fraction of sp³-hybridized carbons (Fsp3) is 0.333. The van der Waals surface area contributed by atoms with Gasteiger partial charge in [-0.3, -0.25) is 4.90 Å². The summed E-state index contributed by atoms with van der Waals surface area (Å²) in [5.74, 6) is 1.17. The van der Waals surface area contributed by atoms with Crippen LogP contribution in [0, 0.1) is 0 Å². The predicted molar refractivity (Wildman–Crippen MR) is 69.6 cm³/mol. The molecule has 0 aliphatic carbocycles. The smallest absolute Gasteiger partial charge is 0.322 e. The van der Waals surface area contributed by atoms with Gasteiger partial charge in [-0.05, 0) is 19.1 Å². The predicted octanol–water partition coefficient (Wildman–Crippen LogP) is 3.15. The molecule has 0 saturated carbocycles. The molecule has 1 atom stereocenters. The first-order valence-corrected chi connectivity index (χ1v) is 5.90. The van der Waals surface area contributed by atoms with Crippen LogP contribution in [0.4, 0.5) is 11.7 Å². The molecule has 0 aliphatic rings. The zero-order valence-electron chi connectivity index (χ0n) is 10.4. The Labute approximate surface area is 110 Å². The third kappa shape index (κ3) is 2.56. The van der Waals surface area contributed by atoms with Gasteiger partial charge < -0.3 is 9.15 Å². The van der Waals surface area contributed by atoms with Gasteiger partial charge in [0, 0.05) is 18.8 Å². The second-order valence-corrected chi connectivity index (χ2v) is 4.45. The molecule has 6 heteroatoms. The average Bonchev–Trinajstić information content (AvgIpc) is 2.87. The highest BCUT2D eigenvalue weighted by Gasteiger charge is 2.15. The molecule has 0 N–H and O–H groups in total. The minimum absolute atomic E-state index is 0.301. The monoisotopic (exact) mass is 267 g/mol. The van der Waals surface area contributed by atoms with Crippen LogP contribution in [0.2, 0.25) is 0 Å². The van der Waals surface area contributed by atoms with Crippen LogP contribution >= 0.6 is 11.6 Å². The second-order valence-electron chi connectivity index (χ2n) is 3.80. The lowest BCUT2D eigenvalue weighted by Crippen LogP contribution is -2.09. The number of anilines is 2. The van der Waals surface area contributed by atoms with Crippen molar-refractivity contribution in [3.05, 3.63) is 30.2 Å². The van der Waals surface area contributed by atoms with Gasteiger partial charge in [-0.25, -0.2) is 0 Å². The highest BCUT2D eigenvalue weighted by atomic mass is 35.5. The molecule has 0 fully saturated rings. The lowest BCUT2D eigenvalue weighted by Gasteiger charge is -2.14. The van der Waals surface area contributed by atoms with E-state index in [0.717, 1.165) is 11.4 Å². The lowest BCUT2D eigenvalue weighted by atomic mass is 10.3. The first kappa shape index (κ1) is 12.7. The van der Waals surface area contributed by atoms with Crippen molar-refractivity contribution in [1.29, 1.82) is 0 Å². The van der Waals surface area contributed by atoms with E-state index in [1.54, 1.807) is 18.9 Å². The maximum absolute atomic E-state index is 5.88. The van der Waals surface area contributed by atoms with Crippen LogP contribution < -0.4 is 9.64 Å². The van der Waals surface area contributed by atoms with E-state index in [2.05, 4.69) is 10.2 Å². The summed E-state index contributed by atoms with van der Waals surface area (Å²) >= 11 is 5.88. The molecule has 2 rings (SSSR count). The van der Waals surface area contributed by atoms with Crippen LogP contribution in [0.1, 0.15) is 18.2 Å². The third-order valence-corrected chi connectivity index (χ3v) is 2.68. The Kier molecular flexibility index (Phi) is 3.72. The summed E-state index contributed by atoms with van der Waals surface area (Å²) in [4.78, 5) is 1.78. The van der Waals surface area contributed by atoms with Crippen molar-refractivity contribution in [2.24, 2.45) is 0 Å². The number of hydrogen-bond acceptors (Lipinski definition) is 5. The summed E-state index contributed by atoms with van der Waals surface area (Å²) in [7, 11) is 3.46. The summed E-state index contributed by atoms with van der Waals surface area (Å²) in [6, 6.07) is 7.97. The SMILES string of the molecule is COc1cccc(N(C)c2nnc(C(C)Cl)o2)c1. The van der Waals surface area contributed by atoms with Gasteiger partial charge in [0.05, 0.1) is 7.11 Å². The van der Waals surface area contributed by atoms with E-state index < -0.39 is 0 Å². The summed E-state index contributed by atoms with van der Waals surface area (Å²) in [6.07, 6.45) is 0. The van der Waals surface area contributed by atoms with Crippen molar-refractivity contribution < 1.29 is 9.15 Å². The van der Waals surface area contributed by atoms with E-state index in [9.17, 15) is 0 Å². The molecular weight excluding hydrogens is 254 g/mol. The maximum atomic E-state index is 5.88. The molecule has 2 aromatic rings. The molecule has 96 valence electrons. The summed E-state index contributed by atoms with van der Waals surface area (Å²) < 4.78 is 10.6. The van der Waals surface area contributed by atoms with Crippen molar-refractivity contribution in [3.63, 3.8) is 0 Å². The maximum Gasteiger partial charge on any atom is 0.322 e. The molecule has 5 nitrogen and oxygen atoms in total. The highest BCUT2D eigenvalue weighted by Crippen LogP contribution is 2.27. The number of rotatable bonds is 4. The Balaban J connectivity index is 2.26. The van der Waals surface area contributed by atoms with Crippen molar-refractivity contribution in [2.75, 3.05) is 19.1 Å². The molecule has 0 spiro atoms. The standard InChI is InChI=1S/C12H14ClN3O2/c1-8(13)11-14-15-12(18-11)16(2)9-5-4-6-10(7-9)17-3/h4-8H,1-3H3. The number of benzene rings is 1. The van der Waals surface area contributed by atoms with Gasteiger partial charge in [0.2, 0.25) is 5.89 Å². The van der Waals surface area contributed by atoms with Crippen LogP contribution in [-0.4, -0.2) is 24.4 Å². The number of hydrogen-bond donors (Lipinski definition) is 0. The van der Waals surface area contributed by atoms with E-state index >= 15 is 0 Å². The van der Waals surface area contributed by atoms with Crippen LogP contribution in [0.5, 0.6) is 5.75 Å². The van der Waals surface area contributed by atoms with Crippen LogP contribution in [0.15, 0.2) is 28.7 Å². The van der Waals surface area contributed by atoms with E-state index in [1.807, 2.05) is 31.3 Å². The van der Waals surface area contributed by atoms with E-state index in [4.69, 9.17) is 20.8 Å². The molecule has 1 heterocycles. The molecule has 18 heavy (non-hydrogen) atoms. The molecule has 0 aliphatic heterocycles. The fourth-order valence-electron chi connectivity index (χ4n) is 1.45. The highest BCUT2D eigenvalue weighted by molar-refractivity contribution is 6.20. The zero-order chi connectivity index (χ0) is 13.1. The van der Waals surface area contributed by atoms with Gasteiger partial charge >= 0.3 is 6.01 Å². The van der Waals surface area contributed by atoms with E-state index in [0.29, 0.717) is 11.9 Å². The fourth-order valence-corrected chi connectivity index (χ4v) is 1.54. The summed E-state index contributed by atoms with van der Waals surface area (Å²) in [5, 5.41) is 7.54. The van der Waals surface area contributed by atoms with Crippen molar-refractivity contribution >= 4 is 23.3 Å². The van der Waals surface area contributed by atoms with Gasteiger partial charge in [0.1, 0.15) is 11.1 Å². The van der Waals surface area contributed by atoms with Gasteiger partial charge in [-0.2, -0.15) is 0 Å². The third-order valence-electron chi connectivity index (χ3n) is 2.50. The molecule has 1 unspecified atom stereocenters. The quantitative estimate of drug-likeness (QED) is 0.797. The number of aromatic nitrogens is 2. The topological polar surface area (TPSA) is 51.4 Å².